The molecule has 0 atom stereocenters. The summed E-state index contributed by atoms with van der Waals surface area (Å²) < 4.78 is 15.7. The number of esters is 1. The maximum Gasteiger partial charge on any atom is 0.341 e. The van der Waals surface area contributed by atoms with E-state index in [4.69, 9.17) is 26.4 Å². The van der Waals surface area contributed by atoms with Crippen molar-refractivity contribution in [2.75, 3.05) is 32.0 Å². The Balaban J connectivity index is 1.84. The van der Waals surface area contributed by atoms with Crippen LogP contribution >= 0.6 is 23.6 Å². The van der Waals surface area contributed by atoms with E-state index in [0.29, 0.717) is 27.9 Å². The first-order valence-electron chi connectivity index (χ1n) is 9.60. The summed E-state index contributed by atoms with van der Waals surface area (Å²) in [5, 5.41) is 7.46. The standard InChI is InChI=1S/C21H26N2O4S2/c1-25-13-10-11-15(16(12-13)26-2)22-21(28)23-19-18(20(24)27-3)14-8-6-4-5-7-9-17(14)29-19/h10-12H,4-9H2,1-3H3,(H2,22,23,28). The number of aryl methyl sites for hydroxylation is 1. The molecule has 1 aromatic carbocycles. The lowest BCUT2D eigenvalue weighted by molar-refractivity contribution is 0.0601. The molecule has 0 unspecified atom stereocenters. The molecule has 0 radical (unpaired) electrons. The third-order valence-corrected chi connectivity index (χ3v) is 6.36. The highest BCUT2D eigenvalue weighted by molar-refractivity contribution is 7.80. The molecule has 0 amide bonds. The van der Waals surface area contributed by atoms with Crippen LogP contribution in [0, 0.1) is 0 Å². The molecule has 2 aromatic rings. The monoisotopic (exact) mass is 434 g/mol. The van der Waals surface area contributed by atoms with Crippen LogP contribution in [0.4, 0.5) is 10.7 Å². The molecule has 0 spiro atoms. The molecule has 3 rings (SSSR count). The molecule has 0 bridgehead atoms. The Labute approximate surface area is 180 Å². The van der Waals surface area contributed by atoms with Crippen molar-refractivity contribution >= 4 is 45.3 Å². The molecule has 8 heteroatoms. The van der Waals surface area contributed by atoms with Crippen molar-refractivity contribution in [3.63, 3.8) is 0 Å². The summed E-state index contributed by atoms with van der Waals surface area (Å²) in [5.41, 5.74) is 2.43. The molecule has 6 nitrogen and oxygen atoms in total. The molecule has 1 aliphatic rings. The normalized spacial score (nSPS) is 13.5. The van der Waals surface area contributed by atoms with E-state index < -0.39 is 0 Å². The number of anilines is 2. The van der Waals surface area contributed by atoms with E-state index in [1.807, 2.05) is 12.1 Å². The lowest BCUT2D eigenvalue weighted by Gasteiger charge is -2.14. The maximum absolute atomic E-state index is 12.5. The van der Waals surface area contributed by atoms with Crippen molar-refractivity contribution in [1.82, 2.24) is 0 Å². The van der Waals surface area contributed by atoms with Crippen LogP contribution in [-0.2, 0) is 17.6 Å². The number of ether oxygens (including phenoxy) is 3. The third kappa shape index (κ3) is 5.00. The molecule has 29 heavy (non-hydrogen) atoms. The molecule has 0 saturated heterocycles. The van der Waals surface area contributed by atoms with Gasteiger partial charge in [-0.25, -0.2) is 4.79 Å². The summed E-state index contributed by atoms with van der Waals surface area (Å²) in [5.74, 6) is 0.979. The Hall–Kier alpha value is -2.32. The first kappa shape index (κ1) is 21.4. The highest BCUT2D eigenvalue weighted by Gasteiger charge is 2.25. The van der Waals surface area contributed by atoms with Gasteiger partial charge in [-0.1, -0.05) is 12.8 Å². The number of benzene rings is 1. The van der Waals surface area contributed by atoms with E-state index in [-0.39, 0.29) is 5.97 Å². The molecule has 156 valence electrons. The van der Waals surface area contributed by atoms with Gasteiger partial charge in [0.1, 0.15) is 16.5 Å². The van der Waals surface area contributed by atoms with Gasteiger partial charge in [-0.2, -0.15) is 0 Å². The third-order valence-electron chi connectivity index (χ3n) is 4.94. The van der Waals surface area contributed by atoms with Gasteiger partial charge < -0.3 is 24.8 Å². The fraction of sp³-hybridized carbons (Fsp3) is 0.429. The largest absolute Gasteiger partial charge is 0.497 e. The van der Waals surface area contributed by atoms with E-state index in [2.05, 4.69) is 10.6 Å². The molecule has 1 aliphatic carbocycles. The van der Waals surface area contributed by atoms with Crippen molar-refractivity contribution in [2.24, 2.45) is 0 Å². The smallest absolute Gasteiger partial charge is 0.341 e. The predicted octanol–water partition coefficient (Wildman–Crippen LogP) is 5.02. The van der Waals surface area contributed by atoms with E-state index in [1.54, 1.807) is 31.6 Å². The fourth-order valence-electron chi connectivity index (χ4n) is 3.48. The van der Waals surface area contributed by atoms with Gasteiger partial charge in [0, 0.05) is 10.9 Å². The van der Waals surface area contributed by atoms with Crippen molar-refractivity contribution in [3.05, 3.63) is 34.2 Å². The van der Waals surface area contributed by atoms with Gasteiger partial charge in [-0.15, -0.1) is 11.3 Å². The summed E-state index contributed by atoms with van der Waals surface area (Å²) in [6, 6.07) is 5.44. The topological polar surface area (TPSA) is 68.8 Å². The average Bonchev–Trinajstić information content (AvgIpc) is 3.03. The number of methoxy groups -OCH3 is 3. The molecule has 1 heterocycles. The Morgan fingerprint density at radius 3 is 2.48 bits per heavy atom. The Kier molecular flexibility index (Phi) is 7.33. The molecular formula is C21H26N2O4S2. The van der Waals surface area contributed by atoms with E-state index in [9.17, 15) is 4.79 Å². The van der Waals surface area contributed by atoms with E-state index in [0.717, 1.165) is 36.2 Å². The van der Waals surface area contributed by atoms with Gasteiger partial charge in [-0.3, -0.25) is 0 Å². The first-order valence-corrected chi connectivity index (χ1v) is 10.8. The fourth-order valence-corrected chi connectivity index (χ4v) is 5.04. The van der Waals surface area contributed by atoms with Crippen molar-refractivity contribution in [3.8, 4) is 11.5 Å². The summed E-state index contributed by atoms with van der Waals surface area (Å²) in [7, 11) is 4.61. The Bertz CT molecular complexity index is 895. The van der Waals surface area contributed by atoms with E-state index >= 15 is 0 Å². The first-order chi connectivity index (χ1) is 14.1. The van der Waals surface area contributed by atoms with Gasteiger partial charge in [0.15, 0.2) is 5.11 Å². The minimum absolute atomic E-state index is 0.324. The zero-order valence-electron chi connectivity index (χ0n) is 16.9. The second-order valence-electron chi connectivity index (χ2n) is 6.76. The summed E-state index contributed by atoms with van der Waals surface area (Å²) >= 11 is 7.10. The van der Waals surface area contributed by atoms with Crippen molar-refractivity contribution in [1.29, 1.82) is 0 Å². The van der Waals surface area contributed by atoms with Crippen molar-refractivity contribution in [2.45, 2.75) is 38.5 Å². The zero-order chi connectivity index (χ0) is 20.8. The lowest BCUT2D eigenvalue weighted by atomic mass is 9.96. The number of carbonyl (C=O) groups excluding carboxylic acids is 1. The van der Waals surface area contributed by atoms with Gasteiger partial charge in [0.25, 0.3) is 0 Å². The van der Waals surface area contributed by atoms with Crippen LogP contribution in [0.15, 0.2) is 18.2 Å². The second kappa shape index (κ2) is 9.93. The summed E-state index contributed by atoms with van der Waals surface area (Å²) in [6.45, 7) is 0. The van der Waals surface area contributed by atoms with Crippen LogP contribution < -0.4 is 20.1 Å². The number of thiocarbonyl (C=S) groups is 1. The molecule has 0 aliphatic heterocycles. The van der Waals surface area contributed by atoms with Crippen LogP contribution in [0.1, 0.15) is 46.5 Å². The number of thiophene rings is 1. The number of hydrogen-bond acceptors (Lipinski definition) is 6. The van der Waals surface area contributed by atoms with E-state index in [1.165, 1.54) is 24.8 Å². The summed E-state index contributed by atoms with van der Waals surface area (Å²) in [6.07, 6.45) is 6.52. The molecular weight excluding hydrogens is 408 g/mol. The van der Waals surface area contributed by atoms with Crippen LogP contribution in [0.25, 0.3) is 0 Å². The van der Waals surface area contributed by atoms with Crippen LogP contribution in [0.3, 0.4) is 0 Å². The molecule has 0 saturated carbocycles. The van der Waals surface area contributed by atoms with Gasteiger partial charge in [-0.05, 0) is 55.6 Å². The number of rotatable bonds is 5. The van der Waals surface area contributed by atoms with Crippen LogP contribution in [-0.4, -0.2) is 32.4 Å². The number of carbonyl (C=O) groups is 1. The zero-order valence-corrected chi connectivity index (χ0v) is 18.6. The minimum Gasteiger partial charge on any atom is -0.497 e. The minimum atomic E-state index is -0.324. The maximum atomic E-state index is 12.5. The number of hydrogen-bond donors (Lipinski definition) is 2. The SMILES string of the molecule is COC(=O)c1c(NC(=S)Nc2ccc(OC)cc2OC)sc2c1CCCCCC2. The van der Waals surface area contributed by atoms with Gasteiger partial charge >= 0.3 is 5.97 Å². The number of fused-ring (bicyclic) bond motifs is 1. The quantitative estimate of drug-likeness (QED) is 0.506. The van der Waals surface area contributed by atoms with Crippen molar-refractivity contribution < 1.29 is 19.0 Å². The Morgan fingerprint density at radius 1 is 1.03 bits per heavy atom. The van der Waals surface area contributed by atoms with Gasteiger partial charge in [0.2, 0.25) is 0 Å². The molecule has 2 N–H and O–H groups in total. The van der Waals surface area contributed by atoms with Crippen LogP contribution in [0.5, 0.6) is 11.5 Å². The summed E-state index contributed by atoms with van der Waals surface area (Å²) in [4.78, 5) is 13.8. The second-order valence-corrected chi connectivity index (χ2v) is 8.27. The number of nitrogens with one attached hydrogen (secondary N) is 2. The highest BCUT2D eigenvalue weighted by atomic mass is 32.1. The molecule has 0 fully saturated rings. The average molecular weight is 435 g/mol. The van der Waals surface area contributed by atoms with Gasteiger partial charge in [0.05, 0.1) is 32.6 Å². The van der Waals surface area contributed by atoms with Crippen LogP contribution in [0.2, 0.25) is 0 Å². The highest BCUT2D eigenvalue weighted by Crippen LogP contribution is 2.38. The molecule has 1 aromatic heterocycles. The Morgan fingerprint density at radius 2 is 1.79 bits per heavy atom. The predicted molar refractivity (Wildman–Crippen MR) is 121 cm³/mol. The lowest BCUT2D eigenvalue weighted by Crippen LogP contribution is -2.20.